The Labute approximate surface area is 214 Å². The first-order valence-corrected chi connectivity index (χ1v) is 12.2. The molecule has 4 heterocycles. The van der Waals surface area contributed by atoms with E-state index in [2.05, 4.69) is 21.8 Å². The first kappa shape index (κ1) is 24.1. The second-order valence-corrected chi connectivity index (χ2v) is 8.84. The van der Waals surface area contributed by atoms with Crippen LogP contribution in [0.1, 0.15) is 54.2 Å². The summed E-state index contributed by atoms with van der Waals surface area (Å²) >= 11 is 0. The number of aryl methyl sites for hydroxylation is 2. The van der Waals surface area contributed by atoms with E-state index in [1.165, 1.54) is 6.07 Å². The summed E-state index contributed by atoms with van der Waals surface area (Å²) in [5.41, 5.74) is 10.4. The lowest BCUT2D eigenvalue weighted by Crippen LogP contribution is -2.31. The van der Waals surface area contributed by atoms with Crippen molar-refractivity contribution in [2.45, 2.75) is 39.3 Å². The second-order valence-electron chi connectivity index (χ2n) is 8.84. The predicted octanol–water partition coefficient (Wildman–Crippen LogP) is 4.41. The zero-order chi connectivity index (χ0) is 26.2. The highest BCUT2D eigenvalue weighted by molar-refractivity contribution is 6.03. The minimum Gasteiger partial charge on any atom is -0.383 e. The van der Waals surface area contributed by atoms with Gasteiger partial charge in [0.1, 0.15) is 17.2 Å². The van der Waals surface area contributed by atoms with Crippen LogP contribution in [0.5, 0.6) is 0 Å². The molecule has 1 unspecified atom stereocenters. The largest absolute Gasteiger partial charge is 0.383 e. The molecule has 0 aliphatic carbocycles. The molecule has 1 aromatic carbocycles. The average Bonchev–Trinajstić information content (AvgIpc) is 3.23. The monoisotopic (exact) mass is 491 g/mol. The van der Waals surface area contributed by atoms with E-state index < -0.39 is 11.4 Å². The molecule has 0 bridgehead atoms. The molecule has 0 amide bonds. The normalized spacial score (nSPS) is 16.1. The van der Waals surface area contributed by atoms with Crippen LogP contribution in [0.3, 0.4) is 0 Å². The highest BCUT2D eigenvalue weighted by atomic mass is 19.1. The van der Waals surface area contributed by atoms with Crippen LogP contribution >= 0.6 is 0 Å². The molecule has 4 aromatic rings. The maximum Gasteiger partial charge on any atom is 0.253 e. The van der Waals surface area contributed by atoms with Crippen molar-refractivity contribution in [2.75, 3.05) is 0 Å². The molecule has 0 radical (unpaired) electrons. The van der Waals surface area contributed by atoms with Gasteiger partial charge in [0.15, 0.2) is 0 Å². The fourth-order valence-electron chi connectivity index (χ4n) is 4.98. The van der Waals surface area contributed by atoms with Crippen molar-refractivity contribution >= 4 is 5.84 Å². The molecule has 1 aliphatic heterocycles. The standard InChI is InChI=1S/C30H26FN5O/c1-4-8-19-13-21(17-33-16-19)26-15-22(11-12-34-26)30(23-14-20(5-2)29(37)36(6-3)18-23)24-9-7-10-25(31)27(24)28(32)35-30/h7,9-18H,5-6H2,1-3H3,(H2,32,35). The number of amidine groups is 1. The van der Waals surface area contributed by atoms with Gasteiger partial charge >= 0.3 is 0 Å². The minimum atomic E-state index is -1.16. The third-order valence-corrected chi connectivity index (χ3v) is 6.73. The van der Waals surface area contributed by atoms with E-state index in [1.54, 1.807) is 42.3 Å². The lowest BCUT2D eigenvalue weighted by Gasteiger charge is -2.30. The third kappa shape index (κ3) is 3.91. The van der Waals surface area contributed by atoms with Crippen LogP contribution in [0.15, 0.2) is 77.0 Å². The van der Waals surface area contributed by atoms with E-state index in [0.717, 1.165) is 22.3 Å². The molecule has 6 nitrogen and oxygen atoms in total. The molecular weight excluding hydrogens is 465 g/mol. The quantitative estimate of drug-likeness (QED) is 0.419. The minimum absolute atomic E-state index is 0.0475. The SMILES string of the molecule is CC#Cc1cncc(-c2cc(C3(c4cc(CC)c(=O)n(CC)c4)N=C(N)c4c(F)cccc43)ccn2)c1. The van der Waals surface area contributed by atoms with Gasteiger partial charge in [0, 0.05) is 59.1 Å². The summed E-state index contributed by atoms with van der Waals surface area (Å²) in [6.07, 6.45) is 7.48. The van der Waals surface area contributed by atoms with Crippen LogP contribution in [0, 0.1) is 17.7 Å². The Hall–Kier alpha value is -4.57. The van der Waals surface area contributed by atoms with E-state index in [9.17, 15) is 4.79 Å². The molecule has 184 valence electrons. The Morgan fingerprint density at radius 2 is 1.95 bits per heavy atom. The van der Waals surface area contributed by atoms with Crippen molar-refractivity contribution in [1.29, 1.82) is 0 Å². The van der Waals surface area contributed by atoms with Gasteiger partial charge in [-0.2, -0.15) is 0 Å². The van der Waals surface area contributed by atoms with E-state index >= 15 is 4.39 Å². The number of aliphatic imine (C=N–C) groups is 1. The summed E-state index contributed by atoms with van der Waals surface area (Å²) in [7, 11) is 0. The Morgan fingerprint density at radius 1 is 1.11 bits per heavy atom. The molecule has 7 heteroatoms. The highest BCUT2D eigenvalue weighted by Gasteiger charge is 2.45. The van der Waals surface area contributed by atoms with Crippen molar-refractivity contribution in [3.8, 4) is 23.1 Å². The molecule has 3 aromatic heterocycles. The van der Waals surface area contributed by atoms with Crippen LogP contribution in [0.4, 0.5) is 4.39 Å². The van der Waals surface area contributed by atoms with Gasteiger partial charge in [-0.15, -0.1) is 5.92 Å². The van der Waals surface area contributed by atoms with Crippen molar-refractivity contribution in [3.05, 3.63) is 117 Å². The number of pyridine rings is 3. The number of aromatic nitrogens is 3. The first-order chi connectivity index (χ1) is 17.9. The van der Waals surface area contributed by atoms with E-state index in [4.69, 9.17) is 10.7 Å². The van der Waals surface area contributed by atoms with Gasteiger partial charge in [0.05, 0.1) is 11.3 Å². The van der Waals surface area contributed by atoms with Crippen molar-refractivity contribution in [2.24, 2.45) is 10.7 Å². The fourth-order valence-corrected chi connectivity index (χ4v) is 4.98. The second kappa shape index (κ2) is 9.47. The molecule has 0 saturated carbocycles. The van der Waals surface area contributed by atoms with Crippen LogP contribution in [0.2, 0.25) is 0 Å². The zero-order valence-electron chi connectivity index (χ0n) is 20.9. The number of rotatable bonds is 5. The maximum absolute atomic E-state index is 15.1. The summed E-state index contributed by atoms with van der Waals surface area (Å²) in [5, 5.41) is 0. The smallest absolute Gasteiger partial charge is 0.253 e. The number of hydrogen-bond donors (Lipinski definition) is 1. The molecule has 1 atom stereocenters. The number of nitrogens with zero attached hydrogens (tertiary/aromatic N) is 4. The summed E-state index contributed by atoms with van der Waals surface area (Å²) in [6.45, 7) is 6.12. The molecule has 1 aliphatic rings. The first-order valence-electron chi connectivity index (χ1n) is 12.2. The van der Waals surface area contributed by atoms with Crippen LogP contribution in [-0.4, -0.2) is 20.4 Å². The lowest BCUT2D eigenvalue weighted by atomic mass is 9.77. The topological polar surface area (TPSA) is 86.2 Å². The number of hydrogen-bond acceptors (Lipinski definition) is 5. The molecule has 0 spiro atoms. The molecule has 5 rings (SSSR count). The van der Waals surface area contributed by atoms with E-state index in [1.807, 2.05) is 44.2 Å². The number of benzene rings is 1. The highest BCUT2D eigenvalue weighted by Crippen LogP contribution is 2.47. The van der Waals surface area contributed by atoms with Crippen LogP contribution < -0.4 is 11.3 Å². The fraction of sp³-hybridized carbons (Fsp3) is 0.200. The molecule has 0 saturated heterocycles. The summed E-state index contributed by atoms with van der Waals surface area (Å²) in [6, 6.07) is 12.4. The summed E-state index contributed by atoms with van der Waals surface area (Å²) in [5.74, 6) is 5.58. The van der Waals surface area contributed by atoms with Crippen LogP contribution in [0.25, 0.3) is 11.3 Å². The molecule has 0 fully saturated rings. The maximum atomic E-state index is 15.1. The molecule has 2 N–H and O–H groups in total. The average molecular weight is 492 g/mol. The lowest BCUT2D eigenvalue weighted by molar-refractivity contribution is 0.609. The van der Waals surface area contributed by atoms with Gasteiger partial charge in [-0.1, -0.05) is 25.0 Å². The third-order valence-electron chi connectivity index (χ3n) is 6.73. The van der Waals surface area contributed by atoms with Crippen molar-refractivity contribution < 1.29 is 4.39 Å². The number of nitrogens with two attached hydrogens (primary N) is 1. The molecule has 37 heavy (non-hydrogen) atoms. The van der Waals surface area contributed by atoms with E-state index in [0.29, 0.717) is 29.8 Å². The van der Waals surface area contributed by atoms with Gasteiger partial charge in [0.2, 0.25) is 0 Å². The van der Waals surface area contributed by atoms with Gasteiger partial charge in [0.25, 0.3) is 5.56 Å². The summed E-state index contributed by atoms with van der Waals surface area (Å²) < 4.78 is 16.7. The summed E-state index contributed by atoms with van der Waals surface area (Å²) in [4.78, 5) is 26.8. The van der Waals surface area contributed by atoms with Gasteiger partial charge in [-0.25, -0.2) is 9.38 Å². The van der Waals surface area contributed by atoms with Crippen LogP contribution in [-0.2, 0) is 18.5 Å². The van der Waals surface area contributed by atoms with E-state index in [-0.39, 0.29) is 17.0 Å². The number of fused-ring (bicyclic) bond motifs is 1. The van der Waals surface area contributed by atoms with Crippen molar-refractivity contribution in [3.63, 3.8) is 0 Å². The zero-order valence-corrected chi connectivity index (χ0v) is 20.9. The Morgan fingerprint density at radius 3 is 2.70 bits per heavy atom. The van der Waals surface area contributed by atoms with Gasteiger partial charge in [-0.3, -0.25) is 14.8 Å². The Balaban J connectivity index is 1.83. The molecular formula is C30H26FN5O. The Bertz CT molecular complexity index is 1650. The Kier molecular flexibility index (Phi) is 6.18. The van der Waals surface area contributed by atoms with Gasteiger partial charge < -0.3 is 10.3 Å². The number of halogens is 1. The van der Waals surface area contributed by atoms with Crippen molar-refractivity contribution in [1.82, 2.24) is 14.5 Å². The predicted molar refractivity (Wildman–Crippen MR) is 143 cm³/mol. The van der Waals surface area contributed by atoms with Gasteiger partial charge in [-0.05, 0) is 56.2 Å².